The highest BCUT2D eigenvalue weighted by Gasteiger charge is 2.31. The lowest BCUT2D eigenvalue weighted by atomic mass is 9.73. The molecule has 1 aromatic carbocycles. The maximum Gasteiger partial charge on any atom is 0.413 e. The normalized spacial score (nSPS) is 18.8. The minimum Gasteiger partial charge on any atom is -0.507 e. The fraction of sp³-hybridized carbons (Fsp3) is 0.542. The van der Waals surface area contributed by atoms with Crippen molar-refractivity contribution in [3.63, 3.8) is 0 Å². The predicted octanol–water partition coefficient (Wildman–Crippen LogP) is 5.41. The van der Waals surface area contributed by atoms with E-state index in [1.54, 1.807) is 7.05 Å². The van der Waals surface area contributed by atoms with Crippen molar-refractivity contribution in [2.45, 2.75) is 65.2 Å². The molecule has 5 nitrogen and oxygen atoms in total. The van der Waals surface area contributed by atoms with Crippen molar-refractivity contribution < 1.29 is 14.6 Å². The lowest BCUT2D eigenvalue weighted by molar-refractivity contribution is 0.199. The third-order valence-corrected chi connectivity index (χ3v) is 5.57. The van der Waals surface area contributed by atoms with Crippen LogP contribution in [0, 0.1) is 5.92 Å². The van der Waals surface area contributed by atoms with Gasteiger partial charge in [-0.1, -0.05) is 43.6 Å². The van der Waals surface area contributed by atoms with Gasteiger partial charge in [-0.3, -0.25) is 0 Å². The van der Waals surface area contributed by atoms with Crippen molar-refractivity contribution in [1.82, 2.24) is 10.6 Å². The summed E-state index contributed by atoms with van der Waals surface area (Å²) in [6.07, 6.45) is 7.79. The Morgan fingerprint density at radius 3 is 2.76 bits per heavy atom. The van der Waals surface area contributed by atoms with Crippen LogP contribution in [0.3, 0.4) is 0 Å². The molecule has 0 fully saturated rings. The second kappa shape index (κ2) is 11.1. The van der Waals surface area contributed by atoms with Crippen molar-refractivity contribution in [1.29, 1.82) is 0 Å². The zero-order valence-electron chi connectivity index (χ0n) is 18.3. The summed E-state index contributed by atoms with van der Waals surface area (Å²) in [4.78, 5) is 12.3. The average molecular weight is 401 g/mol. The van der Waals surface area contributed by atoms with Crippen LogP contribution in [0.5, 0.6) is 11.5 Å². The highest BCUT2D eigenvalue weighted by Crippen LogP contribution is 2.47. The summed E-state index contributed by atoms with van der Waals surface area (Å²) in [6, 6.07) is 3.74. The number of phenols is 1. The molecule has 1 amide bonds. The number of amides is 1. The van der Waals surface area contributed by atoms with E-state index in [0.717, 1.165) is 49.7 Å². The van der Waals surface area contributed by atoms with E-state index in [-0.39, 0.29) is 17.6 Å². The van der Waals surface area contributed by atoms with Crippen LogP contribution < -0.4 is 15.4 Å². The Balaban J connectivity index is 2.45. The molecular formula is C24H36N2O3. The first kappa shape index (κ1) is 23.0. The molecule has 29 heavy (non-hydrogen) atoms. The van der Waals surface area contributed by atoms with Gasteiger partial charge >= 0.3 is 6.09 Å². The van der Waals surface area contributed by atoms with Crippen LogP contribution in [0.25, 0.3) is 0 Å². The summed E-state index contributed by atoms with van der Waals surface area (Å²) >= 11 is 0. The van der Waals surface area contributed by atoms with E-state index in [0.29, 0.717) is 18.0 Å². The summed E-state index contributed by atoms with van der Waals surface area (Å²) < 4.78 is 5.68. The summed E-state index contributed by atoms with van der Waals surface area (Å²) in [5, 5.41) is 16.5. The lowest BCUT2D eigenvalue weighted by Gasteiger charge is -2.32. The molecule has 1 aliphatic carbocycles. The molecule has 0 saturated carbocycles. The maximum atomic E-state index is 12.3. The van der Waals surface area contributed by atoms with Gasteiger partial charge in [0.2, 0.25) is 0 Å². The number of ether oxygens (including phenoxy) is 1. The molecular weight excluding hydrogens is 364 g/mol. The van der Waals surface area contributed by atoms with Crippen LogP contribution in [-0.4, -0.2) is 24.9 Å². The van der Waals surface area contributed by atoms with Crippen molar-refractivity contribution in [2.75, 3.05) is 13.7 Å². The van der Waals surface area contributed by atoms with Gasteiger partial charge in [-0.15, -0.1) is 0 Å². The van der Waals surface area contributed by atoms with Gasteiger partial charge in [0.05, 0.1) is 6.67 Å². The number of nitrogens with one attached hydrogen (secondary N) is 2. The molecule has 0 aliphatic heterocycles. The largest absolute Gasteiger partial charge is 0.507 e. The van der Waals surface area contributed by atoms with E-state index >= 15 is 0 Å². The van der Waals surface area contributed by atoms with Crippen LogP contribution in [-0.2, 0) is 6.42 Å². The van der Waals surface area contributed by atoms with E-state index < -0.39 is 6.09 Å². The van der Waals surface area contributed by atoms with Crippen LogP contribution in [0.2, 0.25) is 0 Å². The number of unbranched alkanes of at least 4 members (excludes halogenated alkanes) is 2. The first-order valence-corrected chi connectivity index (χ1v) is 10.7. The van der Waals surface area contributed by atoms with Crippen molar-refractivity contribution >= 4 is 6.09 Å². The molecule has 3 N–H and O–H groups in total. The smallest absolute Gasteiger partial charge is 0.413 e. The highest BCUT2D eigenvalue weighted by molar-refractivity contribution is 5.71. The Bertz CT molecular complexity index is 755. The van der Waals surface area contributed by atoms with Gasteiger partial charge in [-0.05, 0) is 70.2 Å². The Morgan fingerprint density at radius 2 is 2.10 bits per heavy atom. The first-order chi connectivity index (χ1) is 13.9. The predicted molar refractivity (Wildman–Crippen MR) is 118 cm³/mol. The van der Waals surface area contributed by atoms with Gasteiger partial charge in [0.1, 0.15) is 11.5 Å². The summed E-state index contributed by atoms with van der Waals surface area (Å²) in [7, 11) is 1.75. The fourth-order valence-electron chi connectivity index (χ4n) is 4.01. The molecule has 2 atom stereocenters. The van der Waals surface area contributed by atoms with Crippen molar-refractivity contribution in [3.8, 4) is 11.5 Å². The molecule has 1 unspecified atom stereocenters. The number of benzene rings is 1. The molecule has 0 heterocycles. The topological polar surface area (TPSA) is 70.6 Å². The van der Waals surface area contributed by atoms with Crippen LogP contribution >= 0.6 is 0 Å². The number of hydrogen-bond donors (Lipinski definition) is 3. The second-order valence-electron chi connectivity index (χ2n) is 8.11. The molecule has 1 aromatic rings. The van der Waals surface area contributed by atoms with Gasteiger partial charge in [0.25, 0.3) is 0 Å². The average Bonchev–Trinajstić information content (AvgIpc) is 2.66. The minimum absolute atomic E-state index is 0.0574. The summed E-state index contributed by atoms with van der Waals surface area (Å²) in [5.41, 5.74) is 4.02. The van der Waals surface area contributed by atoms with E-state index in [2.05, 4.69) is 37.1 Å². The number of aromatic hydroxyl groups is 1. The molecule has 0 aromatic heterocycles. The monoisotopic (exact) mass is 400 g/mol. The van der Waals surface area contributed by atoms with Crippen molar-refractivity contribution in [2.24, 2.45) is 5.92 Å². The molecule has 0 radical (unpaired) electrons. The van der Waals surface area contributed by atoms with E-state index in [1.807, 2.05) is 19.1 Å². The quantitative estimate of drug-likeness (QED) is 0.295. The second-order valence-corrected chi connectivity index (χ2v) is 8.11. The Kier molecular flexibility index (Phi) is 8.77. The third kappa shape index (κ3) is 6.36. The number of aryl methyl sites for hydroxylation is 1. The third-order valence-electron chi connectivity index (χ3n) is 5.57. The van der Waals surface area contributed by atoms with Gasteiger partial charge in [-0.25, -0.2) is 4.79 Å². The van der Waals surface area contributed by atoms with Gasteiger partial charge in [0.15, 0.2) is 0 Å². The van der Waals surface area contributed by atoms with Gasteiger partial charge in [0, 0.05) is 11.5 Å². The van der Waals surface area contributed by atoms with Gasteiger partial charge in [-0.2, -0.15) is 0 Å². The Morgan fingerprint density at radius 1 is 1.34 bits per heavy atom. The molecule has 0 bridgehead atoms. The number of allylic oxidation sites excluding steroid dienone is 3. The minimum atomic E-state index is -0.533. The number of carbonyl (C=O) groups excluding carboxylic acids is 1. The molecule has 5 heteroatoms. The van der Waals surface area contributed by atoms with E-state index in [9.17, 15) is 9.90 Å². The summed E-state index contributed by atoms with van der Waals surface area (Å²) in [5.74, 6) is 0.779. The van der Waals surface area contributed by atoms with Crippen LogP contribution in [0.15, 0.2) is 35.9 Å². The highest BCUT2D eigenvalue weighted by atomic mass is 16.6. The standard InChI is InChI=1S/C24H36N2O3/c1-6-7-8-9-18-13-21(27)23(22(14-18)29-24(28)26-15-25-5)20-12-17(4)10-11-19(20)16(2)3/h12-14,19-20,25,27H,2,6-11,15H2,1,3-5H3,(H,26,28)/t19-,20?/m0/s1. The Labute approximate surface area is 175 Å². The fourth-order valence-corrected chi connectivity index (χ4v) is 4.01. The lowest BCUT2D eigenvalue weighted by Crippen LogP contribution is -2.34. The zero-order chi connectivity index (χ0) is 21.4. The molecule has 2 rings (SSSR count). The van der Waals surface area contributed by atoms with E-state index in [4.69, 9.17) is 4.74 Å². The van der Waals surface area contributed by atoms with E-state index in [1.165, 1.54) is 5.57 Å². The number of carbonyl (C=O) groups is 1. The molecule has 1 aliphatic rings. The first-order valence-electron chi connectivity index (χ1n) is 10.7. The van der Waals surface area contributed by atoms with Gasteiger partial charge < -0.3 is 20.5 Å². The molecule has 0 saturated heterocycles. The maximum absolute atomic E-state index is 12.3. The SMILES string of the molecule is C=C(C)[C@@H]1CCC(C)=CC1c1c(O)cc(CCCCC)cc1OC(=O)NCNC. The van der Waals surface area contributed by atoms with Crippen LogP contribution in [0.4, 0.5) is 4.79 Å². The molecule has 160 valence electrons. The zero-order valence-corrected chi connectivity index (χ0v) is 18.3. The number of phenolic OH excluding ortho intramolecular Hbond substituents is 1. The Hall–Kier alpha value is -2.27. The van der Waals surface area contributed by atoms with Crippen LogP contribution in [0.1, 0.15) is 69.9 Å². The number of rotatable bonds is 9. The summed E-state index contributed by atoms with van der Waals surface area (Å²) in [6.45, 7) is 10.8. The molecule has 0 spiro atoms. The number of hydrogen-bond acceptors (Lipinski definition) is 4. The van der Waals surface area contributed by atoms with Crippen molar-refractivity contribution in [3.05, 3.63) is 47.1 Å².